The molecule has 0 bridgehead atoms. The first kappa shape index (κ1) is 18.2. The van der Waals surface area contributed by atoms with Crippen LogP contribution in [-0.4, -0.2) is 43.5 Å². The second kappa shape index (κ2) is 8.21. The number of hydrogen-bond donors (Lipinski definition) is 2. The molecule has 1 atom stereocenters. The highest BCUT2D eigenvalue weighted by Gasteiger charge is 2.36. The Morgan fingerprint density at radius 3 is 3.00 bits per heavy atom. The maximum atomic E-state index is 12.2. The highest BCUT2D eigenvalue weighted by molar-refractivity contribution is 6.05. The van der Waals surface area contributed by atoms with Crippen LogP contribution in [0.1, 0.15) is 49.4 Å². The van der Waals surface area contributed by atoms with Crippen LogP contribution in [0.4, 0.5) is 11.4 Å². The molecule has 7 nitrogen and oxygen atoms in total. The van der Waals surface area contributed by atoms with Gasteiger partial charge in [0, 0.05) is 13.1 Å². The van der Waals surface area contributed by atoms with E-state index in [-0.39, 0.29) is 24.5 Å². The van der Waals surface area contributed by atoms with Crippen LogP contribution in [0.2, 0.25) is 0 Å². The topological polar surface area (TPSA) is 87.7 Å². The molecule has 3 rings (SSSR count). The van der Waals surface area contributed by atoms with Crippen molar-refractivity contribution in [3.8, 4) is 0 Å². The van der Waals surface area contributed by atoms with Gasteiger partial charge >= 0.3 is 5.97 Å². The van der Waals surface area contributed by atoms with E-state index in [0.29, 0.717) is 17.8 Å². The van der Waals surface area contributed by atoms with Gasteiger partial charge in [-0.2, -0.15) is 0 Å². The van der Waals surface area contributed by atoms with Crippen molar-refractivity contribution in [2.45, 2.75) is 45.1 Å². The van der Waals surface area contributed by atoms with Gasteiger partial charge in [0.1, 0.15) is 6.04 Å². The summed E-state index contributed by atoms with van der Waals surface area (Å²) in [5, 5.41) is 5.59. The highest BCUT2D eigenvalue weighted by Crippen LogP contribution is 2.37. The summed E-state index contributed by atoms with van der Waals surface area (Å²) in [5.41, 5.74) is 1.87. The molecule has 0 aliphatic carbocycles. The monoisotopic (exact) mass is 359 g/mol. The number of fused-ring (bicyclic) bond motifs is 3. The maximum absolute atomic E-state index is 12.2. The first-order valence-corrected chi connectivity index (χ1v) is 9.25. The highest BCUT2D eigenvalue weighted by atomic mass is 16.5. The quantitative estimate of drug-likeness (QED) is 0.575. The van der Waals surface area contributed by atoms with Crippen molar-refractivity contribution in [1.29, 1.82) is 0 Å². The molecule has 2 aliphatic rings. The summed E-state index contributed by atoms with van der Waals surface area (Å²) in [7, 11) is 0. The molecule has 2 aliphatic heterocycles. The summed E-state index contributed by atoms with van der Waals surface area (Å²) >= 11 is 0. The Hall–Kier alpha value is -2.57. The van der Waals surface area contributed by atoms with Crippen molar-refractivity contribution in [2.75, 3.05) is 29.9 Å². The number of carbonyl (C=O) groups excluding carboxylic acids is 3. The van der Waals surface area contributed by atoms with Crippen LogP contribution in [0.25, 0.3) is 0 Å². The molecule has 0 saturated carbocycles. The third-order valence-corrected chi connectivity index (χ3v) is 4.79. The van der Waals surface area contributed by atoms with Gasteiger partial charge in [-0.25, -0.2) is 4.79 Å². The van der Waals surface area contributed by atoms with Gasteiger partial charge in [0.05, 0.1) is 16.9 Å². The third-order valence-electron chi connectivity index (χ3n) is 4.79. The van der Waals surface area contributed by atoms with Gasteiger partial charge in [-0.15, -0.1) is 0 Å². The average molecular weight is 359 g/mol. The first-order valence-electron chi connectivity index (χ1n) is 9.25. The second-order valence-electron chi connectivity index (χ2n) is 6.71. The van der Waals surface area contributed by atoms with Crippen LogP contribution in [-0.2, 0) is 14.3 Å². The predicted molar refractivity (Wildman–Crippen MR) is 98.3 cm³/mol. The lowest BCUT2D eigenvalue weighted by atomic mass is 10.1. The van der Waals surface area contributed by atoms with E-state index in [4.69, 9.17) is 4.74 Å². The van der Waals surface area contributed by atoms with Crippen LogP contribution >= 0.6 is 0 Å². The molecule has 0 spiro atoms. The molecule has 1 aromatic rings. The molecule has 0 radical (unpaired) electrons. The SMILES string of the molecule is CCCCCNC(=O)COC(=O)c1ccc2c(c1)NC(=O)[C@H]1CCCN21. The molecular formula is C19H25N3O4. The van der Waals surface area contributed by atoms with Crippen molar-refractivity contribution in [1.82, 2.24) is 5.32 Å². The molecule has 0 aromatic heterocycles. The van der Waals surface area contributed by atoms with Crippen LogP contribution in [0, 0.1) is 0 Å². The number of benzene rings is 1. The number of ether oxygens (including phenoxy) is 1. The zero-order valence-corrected chi connectivity index (χ0v) is 15.0. The van der Waals surface area contributed by atoms with Crippen molar-refractivity contribution in [2.24, 2.45) is 0 Å². The van der Waals surface area contributed by atoms with E-state index < -0.39 is 5.97 Å². The molecule has 1 aromatic carbocycles. The van der Waals surface area contributed by atoms with Crippen LogP contribution in [0.3, 0.4) is 0 Å². The van der Waals surface area contributed by atoms with E-state index in [1.165, 1.54) is 0 Å². The number of nitrogens with zero attached hydrogens (tertiary/aromatic N) is 1. The average Bonchev–Trinajstić information content (AvgIpc) is 3.13. The third kappa shape index (κ3) is 3.98. The molecule has 2 N–H and O–H groups in total. The number of esters is 1. The minimum atomic E-state index is -0.575. The van der Waals surface area contributed by atoms with Gasteiger partial charge in [0.2, 0.25) is 5.91 Å². The fraction of sp³-hybridized carbons (Fsp3) is 0.526. The Bertz CT molecular complexity index is 704. The lowest BCUT2D eigenvalue weighted by Crippen LogP contribution is -2.43. The Labute approximate surface area is 153 Å². The van der Waals surface area contributed by atoms with Crippen molar-refractivity contribution < 1.29 is 19.1 Å². The summed E-state index contributed by atoms with van der Waals surface area (Å²) in [6.45, 7) is 3.22. The lowest BCUT2D eigenvalue weighted by molar-refractivity contribution is -0.124. The molecule has 140 valence electrons. The number of carbonyl (C=O) groups is 3. The molecular weight excluding hydrogens is 334 g/mol. The van der Waals surface area contributed by atoms with Crippen LogP contribution in [0.5, 0.6) is 0 Å². The Morgan fingerprint density at radius 2 is 2.19 bits per heavy atom. The van der Waals surface area contributed by atoms with Gasteiger partial charge in [0.15, 0.2) is 6.61 Å². The number of rotatable bonds is 7. The van der Waals surface area contributed by atoms with Gasteiger partial charge in [-0.1, -0.05) is 19.8 Å². The fourth-order valence-corrected chi connectivity index (χ4v) is 3.43. The number of unbranched alkanes of at least 4 members (excludes halogenated alkanes) is 2. The van der Waals surface area contributed by atoms with Crippen molar-refractivity contribution in [3.05, 3.63) is 23.8 Å². The number of hydrogen-bond acceptors (Lipinski definition) is 5. The first-order chi connectivity index (χ1) is 12.6. The van der Waals surface area contributed by atoms with E-state index in [1.54, 1.807) is 12.1 Å². The van der Waals surface area contributed by atoms with Gasteiger partial charge in [-0.05, 0) is 37.5 Å². The zero-order valence-electron chi connectivity index (χ0n) is 15.0. The molecule has 7 heteroatoms. The zero-order chi connectivity index (χ0) is 18.5. The second-order valence-corrected chi connectivity index (χ2v) is 6.71. The van der Waals surface area contributed by atoms with E-state index in [9.17, 15) is 14.4 Å². The molecule has 0 unspecified atom stereocenters. The largest absolute Gasteiger partial charge is 0.452 e. The fourth-order valence-electron chi connectivity index (χ4n) is 3.43. The summed E-state index contributed by atoms with van der Waals surface area (Å²) in [5.74, 6) is -0.915. The Morgan fingerprint density at radius 1 is 1.35 bits per heavy atom. The van der Waals surface area contributed by atoms with Crippen molar-refractivity contribution >= 4 is 29.2 Å². The molecule has 1 saturated heterocycles. The summed E-state index contributed by atoms with van der Waals surface area (Å²) in [4.78, 5) is 38.1. The molecule has 1 fully saturated rings. The number of anilines is 2. The number of nitrogens with one attached hydrogen (secondary N) is 2. The summed E-state index contributed by atoms with van der Waals surface area (Å²) in [6, 6.07) is 5.00. The number of amides is 2. The predicted octanol–water partition coefficient (Wildman–Crippen LogP) is 2.07. The normalized spacial score (nSPS) is 18.0. The molecule has 2 heterocycles. The lowest BCUT2D eigenvalue weighted by Gasteiger charge is -2.33. The van der Waals surface area contributed by atoms with Crippen LogP contribution < -0.4 is 15.5 Å². The molecule has 26 heavy (non-hydrogen) atoms. The smallest absolute Gasteiger partial charge is 0.338 e. The van der Waals surface area contributed by atoms with Gasteiger partial charge in [0.25, 0.3) is 5.91 Å². The Balaban J connectivity index is 1.57. The van der Waals surface area contributed by atoms with Crippen molar-refractivity contribution in [3.63, 3.8) is 0 Å². The van der Waals surface area contributed by atoms with E-state index >= 15 is 0 Å². The molecule has 2 amide bonds. The summed E-state index contributed by atoms with van der Waals surface area (Å²) in [6.07, 6.45) is 4.88. The van der Waals surface area contributed by atoms with Gasteiger partial charge < -0.3 is 20.3 Å². The van der Waals surface area contributed by atoms with Crippen LogP contribution in [0.15, 0.2) is 18.2 Å². The Kier molecular flexibility index (Phi) is 5.75. The standard InChI is InChI=1S/C19H25N3O4/c1-2-3-4-9-20-17(23)12-26-19(25)13-7-8-15-14(11-13)21-18(24)16-6-5-10-22(15)16/h7-8,11,16H,2-6,9-10,12H2,1H3,(H,20,23)(H,21,24)/t16-/m1/s1. The minimum absolute atomic E-state index is 0.0352. The minimum Gasteiger partial charge on any atom is -0.452 e. The summed E-state index contributed by atoms with van der Waals surface area (Å²) < 4.78 is 5.07. The van der Waals surface area contributed by atoms with E-state index in [1.807, 2.05) is 6.07 Å². The van der Waals surface area contributed by atoms with E-state index in [0.717, 1.165) is 44.3 Å². The van der Waals surface area contributed by atoms with Gasteiger partial charge in [-0.3, -0.25) is 9.59 Å². The maximum Gasteiger partial charge on any atom is 0.338 e. The van der Waals surface area contributed by atoms with E-state index in [2.05, 4.69) is 22.5 Å².